The Hall–Kier alpha value is -2.32. The van der Waals surface area contributed by atoms with E-state index in [4.69, 9.17) is 21.1 Å². The van der Waals surface area contributed by atoms with Gasteiger partial charge in [-0.15, -0.1) is 11.3 Å². The highest BCUT2D eigenvalue weighted by molar-refractivity contribution is 7.10. The number of benzene rings is 1. The minimum Gasteiger partial charge on any atom is -0.439 e. The van der Waals surface area contributed by atoms with Gasteiger partial charge in [0.2, 0.25) is 11.8 Å². The third-order valence-corrected chi connectivity index (χ3v) is 4.36. The monoisotopic (exact) mass is 403 g/mol. The maximum atomic E-state index is 13.2. The number of aryl methyl sites for hydroxylation is 1. The highest BCUT2D eigenvalue weighted by atomic mass is 35.5. The van der Waals surface area contributed by atoms with Crippen molar-refractivity contribution in [3.8, 4) is 23.3 Å². The van der Waals surface area contributed by atoms with E-state index in [9.17, 15) is 17.6 Å². The largest absolute Gasteiger partial charge is 0.439 e. The summed E-state index contributed by atoms with van der Waals surface area (Å²) >= 11 is 6.23. The molecule has 2 aromatic heterocycles. The number of pyridine rings is 1. The van der Waals surface area contributed by atoms with Crippen LogP contribution in [-0.2, 0) is 6.18 Å². The zero-order valence-electron chi connectivity index (χ0n) is 13.1. The van der Waals surface area contributed by atoms with E-state index in [0.717, 1.165) is 12.1 Å². The van der Waals surface area contributed by atoms with Gasteiger partial charge in [-0.05, 0) is 24.6 Å². The predicted octanol–water partition coefficient (Wildman–Crippen LogP) is 6.85. The molecule has 136 valence electrons. The van der Waals surface area contributed by atoms with Gasteiger partial charge in [-0.1, -0.05) is 11.6 Å². The molecule has 3 nitrogen and oxygen atoms in total. The second-order valence-electron chi connectivity index (χ2n) is 5.25. The van der Waals surface area contributed by atoms with Crippen molar-refractivity contribution in [1.29, 1.82) is 0 Å². The Bertz CT molecular complexity index is 943. The third kappa shape index (κ3) is 4.44. The fourth-order valence-corrected chi connectivity index (χ4v) is 2.86. The second kappa shape index (κ2) is 7.13. The van der Waals surface area contributed by atoms with Crippen LogP contribution in [0.2, 0.25) is 5.02 Å². The molecule has 0 aliphatic carbocycles. The predicted molar refractivity (Wildman–Crippen MR) is 89.9 cm³/mol. The van der Waals surface area contributed by atoms with Gasteiger partial charge in [-0.2, -0.15) is 18.2 Å². The van der Waals surface area contributed by atoms with Crippen molar-refractivity contribution < 1.29 is 27.0 Å². The van der Waals surface area contributed by atoms with Gasteiger partial charge in [0.1, 0.15) is 22.2 Å². The van der Waals surface area contributed by atoms with Gasteiger partial charge in [0.05, 0.1) is 5.02 Å². The van der Waals surface area contributed by atoms with Crippen LogP contribution in [0.3, 0.4) is 0 Å². The number of rotatable bonds is 4. The summed E-state index contributed by atoms with van der Waals surface area (Å²) in [6.45, 7) is 1.74. The van der Waals surface area contributed by atoms with E-state index in [2.05, 4.69) is 4.98 Å². The molecule has 1 aromatic carbocycles. The van der Waals surface area contributed by atoms with Crippen LogP contribution in [0.25, 0.3) is 0 Å². The summed E-state index contributed by atoms with van der Waals surface area (Å²) in [5.41, 5.74) is 0.712. The molecule has 0 spiro atoms. The minimum atomic E-state index is -4.43. The van der Waals surface area contributed by atoms with Gasteiger partial charge in [0, 0.05) is 29.6 Å². The zero-order chi connectivity index (χ0) is 18.9. The Morgan fingerprint density at radius 3 is 2.23 bits per heavy atom. The molecule has 26 heavy (non-hydrogen) atoms. The van der Waals surface area contributed by atoms with E-state index in [1.165, 1.54) is 17.5 Å². The molecule has 0 unspecified atom stereocenters. The van der Waals surface area contributed by atoms with Crippen LogP contribution in [0.15, 0.2) is 41.8 Å². The Morgan fingerprint density at radius 2 is 1.65 bits per heavy atom. The Balaban J connectivity index is 1.81. The zero-order valence-corrected chi connectivity index (χ0v) is 14.7. The number of ether oxygens (including phenoxy) is 2. The van der Waals surface area contributed by atoms with E-state index in [1.54, 1.807) is 19.1 Å². The maximum absolute atomic E-state index is 13.2. The highest BCUT2D eigenvalue weighted by Crippen LogP contribution is 2.38. The van der Waals surface area contributed by atoms with Gasteiger partial charge < -0.3 is 9.47 Å². The van der Waals surface area contributed by atoms with E-state index in [-0.39, 0.29) is 28.3 Å². The van der Waals surface area contributed by atoms with Gasteiger partial charge in [0.25, 0.3) is 0 Å². The van der Waals surface area contributed by atoms with Crippen LogP contribution in [0.4, 0.5) is 17.6 Å². The van der Waals surface area contributed by atoms with Crippen molar-refractivity contribution in [3.63, 3.8) is 0 Å². The molecule has 0 fully saturated rings. The molecule has 0 amide bonds. The molecule has 3 aromatic rings. The molecule has 3 rings (SSSR count). The van der Waals surface area contributed by atoms with E-state index in [0.29, 0.717) is 16.9 Å². The molecular weight excluding hydrogens is 394 g/mol. The van der Waals surface area contributed by atoms with Crippen molar-refractivity contribution in [1.82, 2.24) is 4.98 Å². The first-order valence-electron chi connectivity index (χ1n) is 7.16. The minimum absolute atomic E-state index is 0.0243. The first-order valence-corrected chi connectivity index (χ1v) is 8.41. The molecule has 2 heterocycles. The average molecular weight is 404 g/mol. The summed E-state index contributed by atoms with van der Waals surface area (Å²) in [5.74, 6) is -0.0987. The molecule has 0 radical (unpaired) electrons. The summed E-state index contributed by atoms with van der Waals surface area (Å²) in [6, 6.07) is 7.86. The summed E-state index contributed by atoms with van der Waals surface area (Å²) in [6.07, 6.45) is -4.43. The SMILES string of the molecule is Cc1cc(Oc2csc(C(F)(F)F)c2)nc(Oc2ccc(F)c(Cl)c2)c1. The summed E-state index contributed by atoms with van der Waals surface area (Å²) < 4.78 is 62.1. The van der Waals surface area contributed by atoms with E-state index >= 15 is 0 Å². The molecular formula is C17H10ClF4NO2S. The van der Waals surface area contributed by atoms with Gasteiger partial charge in [-0.25, -0.2) is 4.39 Å². The van der Waals surface area contributed by atoms with Crippen LogP contribution in [-0.4, -0.2) is 4.98 Å². The Morgan fingerprint density at radius 1 is 1.00 bits per heavy atom. The van der Waals surface area contributed by atoms with Crippen LogP contribution >= 0.6 is 22.9 Å². The van der Waals surface area contributed by atoms with E-state index in [1.807, 2.05) is 0 Å². The van der Waals surface area contributed by atoms with Crippen molar-refractivity contribution >= 4 is 22.9 Å². The lowest BCUT2D eigenvalue weighted by Gasteiger charge is -2.09. The highest BCUT2D eigenvalue weighted by Gasteiger charge is 2.32. The molecule has 0 atom stereocenters. The molecule has 0 saturated carbocycles. The van der Waals surface area contributed by atoms with Crippen LogP contribution in [0.1, 0.15) is 10.4 Å². The van der Waals surface area contributed by atoms with E-state index < -0.39 is 16.9 Å². The van der Waals surface area contributed by atoms with Gasteiger partial charge in [-0.3, -0.25) is 0 Å². The van der Waals surface area contributed by atoms with Crippen molar-refractivity contribution in [2.45, 2.75) is 13.1 Å². The van der Waals surface area contributed by atoms with Crippen molar-refractivity contribution in [2.75, 3.05) is 0 Å². The first kappa shape index (κ1) is 18.5. The van der Waals surface area contributed by atoms with Crippen molar-refractivity contribution in [3.05, 3.63) is 63.1 Å². The van der Waals surface area contributed by atoms with Crippen LogP contribution < -0.4 is 9.47 Å². The van der Waals surface area contributed by atoms with Crippen LogP contribution in [0, 0.1) is 12.7 Å². The van der Waals surface area contributed by atoms with Gasteiger partial charge in [0.15, 0.2) is 0 Å². The van der Waals surface area contributed by atoms with Crippen molar-refractivity contribution in [2.24, 2.45) is 0 Å². The summed E-state index contributed by atoms with van der Waals surface area (Å²) in [4.78, 5) is 3.32. The fraction of sp³-hybridized carbons (Fsp3) is 0.118. The molecule has 0 aliphatic heterocycles. The normalized spacial score (nSPS) is 11.5. The topological polar surface area (TPSA) is 31.4 Å². The maximum Gasteiger partial charge on any atom is 0.425 e. The number of halogens is 5. The molecule has 9 heteroatoms. The first-order chi connectivity index (χ1) is 12.2. The molecule has 0 bridgehead atoms. The Kier molecular flexibility index (Phi) is 5.06. The lowest BCUT2D eigenvalue weighted by Crippen LogP contribution is -2.00. The van der Waals surface area contributed by atoms with Crippen LogP contribution in [0.5, 0.6) is 23.3 Å². The number of hydrogen-bond acceptors (Lipinski definition) is 4. The molecule has 0 saturated heterocycles. The average Bonchev–Trinajstić information content (AvgIpc) is 2.99. The number of aromatic nitrogens is 1. The summed E-state index contributed by atoms with van der Waals surface area (Å²) in [5, 5.41) is 1.14. The number of alkyl halides is 3. The quantitative estimate of drug-likeness (QED) is 0.446. The smallest absolute Gasteiger partial charge is 0.425 e. The standard InChI is InChI=1S/C17H10ClF4NO2S/c1-9-4-15(24-10-2-3-13(19)12(18)6-10)23-16(5-9)25-11-7-14(26-8-11)17(20,21)22/h2-8H,1H3. The lowest BCUT2D eigenvalue weighted by atomic mass is 10.3. The van der Waals surface area contributed by atoms with Gasteiger partial charge >= 0.3 is 6.18 Å². The second-order valence-corrected chi connectivity index (χ2v) is 6.56. The number of hydrogen-bond donors (Lipinski definition) is 0. The summed E-state index contributed by atoms with van der Waals surface area (Å²) in [7, 11) is 0. The number of nitrogens with zero attached hydrogens (tertiary/aromatic N) is 1. The molecule has 0 N–H and O–H groups in total. The fourth-order valence-electron chi connectivity index (χ4n) is 2.01. The number of thiophene rings is 1. The lowest BCUT2D eigenvalue weighted by molar-refractivity contribution is -0.134. The Labute approximate surface area is 154 Å². The molecule has 0 aliphatic rings. The third-order valence-electron chi connectivity index (χ3n) is 3.11.